The molecule has 2 N–H and O–H groups in total. The van der Waals surface area contributed by atoms with E-state index < -0.39 is 17.3 Å². The van der Waals surface area contributed by atoms with E-state index >= 15 is 0 Å². The Bertz CT molecular complexity index is 438. The lowest BCUT2D eigenvalue weighted by Crippen LogP contribution is -2.41. The molecule has 1 amide bonds. The summed E-state index contributed by atoms with van der Waals surface area (Å²) in [5.74, 6) is -1.07. The van der Waals surface area contributed by atoms with Gasteiger partial charge in [0.1, 0.15) is 5.82 Å². The monoisotopic (exact) mass is 315 g/mol. The number of halogens is 2. The van der Waals surface area contributed by atoms with Gasteiger partial charge in [0.25, 0.3) is 5.91 Å². The number of amides is 1. The van der Waals surface area contributed by atoms with Crippen molar-refractivity contribution in [2.45, 2.75) is 31.3 Å². The summed E-state index contributed by atoms with van der Waals surface area (Å²) in [7, 11) is 0. The van der Waals surface area contributed by atoms with E-state index in [2.05, 4.69) is 21.2 Å². The molecule has 98 valence electrons. The van der Waals surface area contributed by atoms with Gasteiger partial charge in [-0.15, -0.1) is 0 Å². The smallest absolute Gasteiger partial charge is 0.255 e. The van der Waals surface area contributed by atoms with Crippen molar-refractivity contribution in [2.24, 2.45) is 0 Å². The Morgan fingerprint density at radius 2 is 2.11 bits per heavy atom. The van der Waals surface area contributed by atoms with Crippen LogP contribution < -0.4 is 5.32 Å². The summed E-state index contributed by atoms with van der Waals surface area (Å²) in [6.45, 7) is 0.173. The second-order valence-corrected chi connectivity index (χ2v) is 5.57. The first-order valence-corrected chi connectivity index (χ1v) is 6.76. The molecule has 1 saturated carbocycles. The Morgan fingerprint density at radius 1 is 1.44 bits per heavy atom. The van der Waals surface area contributed by atoms with Crippen molar-refractivity contribution < 1.29 is 14.3 Å². The van der Waals surface area contributed by atoms with E-state index in [1.165, 1.54) is 12.1 Å². The zero-order valence-electron chi connectivity index (χ0n) is 9.88. The van der Waals surface area contributed by atoms with Crippen LogP contribution in [0, 0.1) is 5.82 Å². The minimum absolute atomic E-state index is 0.0147. The number of carbonyl (C=O) groups excluding carboxylic acids is 1. The molecule has 1 aromatic carbocycles. The predicted molar refractivity (Wildman–Crippen MR) is 69.9 cm³/mol. The van der Waals surface area contributed by atoms with Gasteiger partial charge in [0.2, 0.25) is 0 Å². The number of hydrogen-bond acceptors (Lipinski definition) is 2. The Kier molecular flexibility index (Phi) is 4.02. The highest BCUT2D eigenvalue weighted by molar-refractivity contribution is 9.10. The summed E-state index contributed by atoms with van der Waals surface area (Å²) < 4.78 is 14.0. The van der Waals surface area contributed by atoms with Gasteiger partial charge in [-0.05, 0) is 40.9 Å². The van der Waals surface area contributed by atoms with Crippen molar-refractivity contribution in [1.29, 1.82) is 0 Å². The van der Waals surface area contributed by atoms with Crippen LogP contribution in [-0.4, -0.2) is 23.2 Å². The fourth-order valence-electron chi connectivity index (χ4n) is 2.26. The summed E-state index contributed by atoms with van der Waals surface area (Å²) in [4.78, 5) is 11.9. The molecular weight excluding hydrogens is 301 g/mol. The van der Waals surface area contributed by atoms with Gasteiger partial charge in [-0.3, -0.25) is 4.79 Å². The van der Waals surface area contributed by atoms with Gasteiger partial charge < -0.3 is 10.4 Å². The maximum absolute atomic E-state index is 13.5. The van der Waals surface area contributed by atoms with E-state index in [-0.39, 0.29) is 12.1 Å². The van der Waals surface area contributed by atoms with Crippen molar-refractivity contribution in [3.05, 3.63) is 34.1 Å². The van der Waals surface area contributed by atoms with Crippen LogP contribution in [0.1, 0.15) is 36.0 Å². The second-order valence-electron chi connectivity index (χ2n) is 4.71. The van der Waals surface area contributed by atoms with E-state index in [0.717, 1.165) is 12.8 Å². The predicted octanol–water partition coefficient (Wildman–Crippen LogP) is 2.62. The molecule has 0 atom stereocenters. The first kappa shape index (κ1) is 13.5. The maximum atomic E-state index is 13.5. The third-order valence-electron chi connectivity index (χ3n) is 3.30. The molecule has 0 spiro atoms. The fraction of sp³-hybridized carbons (Fsp3) is 0.462. The van der Waals surface area contributed by atoms with Crippen LogP contribution in [0.3, 0.4) is 0 Å². The van der Waals surface area contributed by atoms with E-state index in [9.17, 15) is 14.3 Å². The molecule has 1 aliphatic carbocycles. The highest BCUT2D eigenvalue weighted by atomic mass is 79.9. The van der Waals surface area contributed by atoms with Crippen LogP contribution in [0.4, 0.5) is 4.39 Å². The van der Waals surface area contributed by atoms with Crippen molar-refractivity contribution in [3.63, 3.8) is 0 Å². The van der Waals surface area contributed by atoms with Crippen LogP contribution in [0.2, 0.25) is 0 Å². The van der Waals surface area contributed by atoms with Crippen LogP contribution >= 0.6 is 15.9 Å². The molecule has 1 aromatic rings. The van der Waals surface area contributed by atoms with Crippen molar-refractivity contribution in [2.75, 3.05) is 6.54 Å². The first-order valence-electron chi connectivity index (χ1n) is 5.96. The largest absolute Gasteiger partial charge is 0.388 e. The molecule has 1 fully saturated rings. The molecule has 1 aliphatic rings. The zero-order chi connectivity index (χ0) is 13.2. The normalized spacial score (nSPS) is 17.7. The number of hydrogen-bond donors (Lipinski definition) is 2. The third-order valence-corrected chi connectivity index (χ3v) is 3.96. The summed E-state index contributed by atoms with van der Waals surface area (Å²) in [5.41, 5.74) is -0.841. The Labute approximate surface area is 114 Å². The van der Waals surface area contributed by atoms with Crippen molar-refractivity contribution in [1.82, 2.24) is 5.32 Å². The molecule has 18 heavy (non-hydrogen) atoms. The number of rotatable bonds is 3. The van der Waals surface area contributed by atoms with Gasteiger partial charge in [-0.25, -0.2) is 4.39 Å². The average molecular weight is 316 g/mol. The molecule has 0 aliphatic heterocycles. The Hall–Kier alpha value is -0.940. The lowest BCUT2D eigenvalue weighted by atomic mass is 10.0. The molecule has 0 radical (unpaired) electrons. The molecule has 0 unspecified atom stereocenters. The van der Waals surface area contributed by atoms with Crippen LogP contribution in [-0.2, 0) is 0 Å². The second kappa shape index (κ2) is 5.36. The number of benzene rings is 1. The van der Waals surface area contributed by atoms with Crippen molar-refractivity contribution >= 4 is 21.8 Å². The molecule has 2 rings (SSSR count). The SMILES string of the molecule is O=C(NCC1(O)CCCC1)c1c(F)cccc1Br. The molecule has 0 saturated heterocycles. The molecule has 5 heteroatoms. The average Bonchev–Trinajstić information content (AvgIpc) is 2.74. The summed E-state index contributed by atoms with van der Waals surface area (Å²) in [6.07, 6.45) is 3.31. The summed E-state index contributed by atoms with van der Waals surface area (Å²) in [5, 5.41) is 12.7. The number of nitrogens with one attached hydrogen (secondary N) is 1. The molecule has 0 heterocycles. The van der Waals surface area contributed by atoms with Gasteiger partial charge in [0, 0.05) is 11.0 Å². The third kappa shape index (κ3) is 2.90. The molecule has 3 nitrogen and oxygen atoms in total. The van der Waals surface area contributed by atoms with E-state index in [0.29, 0.717) is 17.3 Å². The topological polar surface area (TPSA) is 49.3 Å². The lowest BCUT2D eigenvalue weighted by molar-refractivity contribution is 0.0448. The summed E-state index contributed by atoms with van der Waals surface area (Å²) >= 11 is 3.15. The number of aliphatic hydroxyl groups is 1. The minimum atomic E-state index is -0.826. The van der Waals surface area contributed by atoms with E-state index in [1.54, 1.807) is 6.07 Å². The van der Waals surface area contributed by atoms with Gasteiger partial charge in [-0.1, -0.05) is 18.9 Å². The zero-order valence-corrected chi connectivity index (χ0v) is 11.5. The summed E-state index contributed by atoms with van der Waals surface area (Å²) in [6, 6.07) is 4.38. The fourth-order valence-corrected chi connectivity index (χ4v) is 2.78. The highest BCUT2D eigenvalue weighted by Crippen LogP contribution is 2.29. The maximum Gasteiger partial charge on any atom is 0.255 e. The highest BCUT2D eigenvalue weighted by Gasteiger charge is 2.31. The van der Waals surface area contributed by atoms with Crippen molar-refractivity contribution in [3.8, 4) is 0 Å². The van der Waals surface area contributed by atoms with Crippen LogP contribution in [0.15, 0.2) is 22.7 Å². The Balaban J connectivity index is 2.04. The van der Waals surface area contributed by atoms with Gasteiger partial charge in [0.05, 0.1) is 11.2 Å². The lowest BCUT2D eigenvalue weighted by Gasteiger charge is -2.22. The quantitative estimate of drug-likeness (QED) is 0.901. The molecular formula is C13H15BrFNO2. The molecule has 0 bridgehead atoms. The Morgan fingerprint density at radius 3 is 2.72 bits per heavy atom. The molecule has 0 aromatic heterocycles. The number of carbonyl (C=O) groups is 1. The van der Waals surface area contributed by atoms with Crippen LogP contribution in [0.5, 0.6) is 0 Å². The van der Waals surface area contributed by atoms with Crippen LogP contribution in [0.25, 0.3) is 0 Å². The van der Waals surface area contributed by atoms with Gasteiger partial charge >= 0.3 is 0 Å². The van der Waals surface area contributed by atoms with E-state index in [4.69, 9.17) is 0 Å². The first-order chi connectivity index (χ1) is 8.52. The van der Waals surface area contributed by atoms with Gasteiger partial charge in [0.15, 0.2) is 0 Å². The minimum Gasteiger partial charge on any atom is -0.388 e. The standard InChI is InChI=1S/C13H15BrFNO2/c14-9-4-3-5-10(15)11(9)12(17)16-8-13(18)6-1-2-7-13/h3-5,18H,1-2,6-8H2,(H,16,17). The van der Waals surface area contributed by atoms with E-state index in [1.807, 2.05) is 0 Å². The van der Waals surface area contributed by atoms with Gasteiger partial charge in [-0.2, -0.15) is 0 Å².